The first-order chi connectivity index (χ1) is 10.8. The first-order valence-electron chi connectivity index (χ1n) is 9.20. The van der Waals surface area contributed by atoms with Crippen molar-refractivity contribution in [1.29, 1.82) is 0 Å². The Labute approximate surface area is 133 Å². The summed E-state index contributed by atoms with van der Waals surface area (Å²) >= 11 is 0. The second-order valence-corrected chi connectivity index (χ2v) is 7.69. The molecule has 2 aliphatic heterocycles. The van der Waals surface area contributed by atoms with Crippen molar-refractivity contribution in [2.24, 2.45) is 11.8 Å². The summed E-state index contributed by atoms with van der Waals surface area (Å²) in [4.78, 5) is 0. The second kappa shape index (κ2) is 4.78. The van der Waals surface area contributed by atoms with Gasteiger partial charge in [-0.1, -0.05) is 25.8 Å². The molecule has 0 aromatic carbocycles. The molecule has 2 heteroatoms. The highest BCUT2D eigenvalue weighted by molar-refractivity contribution is 5.62. The minimum Gasteiger partial charge on any atom is -0.385 e. The summed E-state index contributed by atoms with van der Waals surface area (Å²) in [5, 5.41) is 7.54. The van der Waals surface area contributed by atoms with E-state index < -0.39 is 0 Å². The molecular weight excluding hydrogens is 268 g/mol. The van der Waals surface area contributed by atoms with Crippen molar-refractivity contribution in [3.8, 4) is 0 Å². The van der Waals surface area contributed by atoms with Gasteiger partial charge in [0.2, 0.25) is 0 Å². The van der Waals surface area contributed by atoms with Gasteiger partial charge in [0.05, 0.1) is 0 Å². The lowest BCUT2D eigenvalue weighted by molar-refractivity contribution is 0.361. The first kappa shape index (κ1) is 13.0. The highest BCUT2D eigenvalue weighted by Gasteiger charge is 2.40. The van der Waals surface area contributed by atoms with E-state index in [9.17, 15) is 0 Å². The number of nitrogens with one attached hydrogen (secondary N) is 2. The number of fused-ring (bicyclic) bond motifs is 1. The number of hydrogen-bond acceptors (Lipinski definition) is 2. The van der Waals surface area contributed by atoms with E-state index in [0.717, 1.165) is 24.8 Å². The van der Waals surface area contributed by atoms with Crippen LogP contribution >= 0.6 is 0 Å². The number of allylic oxidation sites excluding steroid dienone is 4. The fourth-order valence-electron chi connectivity index (χ4n) is 4.93. The van der Waals surface area contributed by atoms with Gasteiger partial charge in [-0.05, 0) is 60.8 Å². The molecule has 0 amide bonds. The Balaban J connectivity index is 1.59. The van der Waals surface area contributed by atoms with Crippen molar-refractivity contribution in [3.05, 3.63) is 45.8 Å². The SMILES string of the molecule is CCC1=CC2=C3CCC=C4NCC(=C43)CC2C(CC2CC2)N1. The van der Waals surface area contributed by atoms with Crippen LogP contribution in [0.4, 0.5) is 0 Å². The monoisotopic (exact) mass is 294 g/mol. The molecule has 22 heavy (non-hydrogen) atoms. The highest BCUT2D eigenvalue weighted by Crippen LogP contribution is 2.49. The molecule has 1 fully saturated rings. The molecule has 2 unspecified atom stereocenters. The predicted octanol–water partition coefficient (Wildman–Crippen LogP) is 3.95. The van der Waals surface area contributed by atoms with Gasteiger partial charge in [0, 0.05) is 35.5 Å². The number of rotatable bonds is 3. The lowest BCUT2D eigenvalue weighted by Crippen LogP contribution is -2.42. The third-order valence-electron chi connectivity index (χ3n) is 6.23. The van der Waals surface area contributed by atoms with E-state index in [1.165, 1.54) is 49.9 Å². The molecule has 116 valence electrons. The van der Waals surface area contributed by atoms with Crippen LogP contribution in [0.15, 0.2) is 45.8 Å². The molecule has 2 atom stereocenters. The molecule has 0 aromatic rings. The molecule has 3 aliphatic carbocycles. The van der Waals surface area contributed by atoms with Crippen molar-refractivity contribution < 1.29 is 0 Å². The maximum Gasteiger partial charge on any atom is 0.0379 e. The van der Waals surface area contributed by atoms with Crippen molar-refractivity contribution in [3.63, 3.8) is 0 Å². The summed E-state index contributed by atoms with van der Waals surface area (Å²) in [5.41, 5.74) is 9.57. The molecule has 0 aromatic heterocycles. The van der Waals surface area contributed by atoms with E-state index in [0.29, 0.717) is 6.04 Å². The molecule has 0 bridgehead atoms. The van der Waals surface area contributed by atoms with Gasteiger partial charge in [-0.25, -0.2) is 0 Å². The molecular formula is C20H26N2. The van der Waals surface area contributed by atoms with Crippen LogP contribution in [-0.2, 0) is 0 Å². The van der Waals surface area contributed by atoms with Crippen LogP contribution in [0.3, 0.4) is 0 Å². The van der Waals surface area contributed by atoms with Gasteiger partial charge in [-0.2, -0.15) is 0 Å². The summed E-state index contributed by atoms with van der Waals surface area (Å²) in [6.45, 7) is 3.38. The average Bonchev–Trinajstić information content (AvgIpc) is 3.27. The average molecular weight is 294 g/mol. The molecule has 2 nitrogen and oxygen atoms in total. The summed E-state index contributed by atoms with van der Waals surface area (Å²) in [5.74, 6) is 1.72. The van der Waals surface area contributed by atoms with Crippen molar-refractivity contribution >= 4 is 0 Å². The molecule has 1 saturated carbocycles. The van der Waals surface area contributed by atoms with Gasteiger partial charge < -0.3 is 10.6 Å². The Morgan fingerprint density at radius 1 is 1.27 bits per heavy atom. The Morgan fingerprint density at radius 2 is 2.18 bits per heavy atom. The fourth-order valence-corrected chi connectivity index (χ4v) is 4.93. The van der Waals surface area contributed by atoms with E-state index >= 15 is 0 Å². The van der Waals surface area contributed by atoms with Gasteiger partial charge >= 0.3 is 0 Å². The molecule has 0 radical (unpaired) electrons. The van der Waals surface area contributed by atoms with Crippen LogP contribution in [-0.4, -0.2) is 12.6 Å². The predicted molar refractivity (Wildman–Crippen MR) is 90.1 cm³/mol. The van der Waals surface area contributed by atoms with E-state index in [2.05, 4.69) is 29.7 Å². The largest absolute Gasteiger partial charge is 0.385 e. The zero-order chi connectivity index (χ0) is 14.7. The summed E-state index contributed by atoms with van der Waals surface area (Å²) in [6.07, 6.45) is 14.1. The quantitative estimate of drug-likeness (QED) is 0.823. The molecule has 0 spiro atoms. The summed E-state index contributed by atoms with van der Waals surface area (Å²) in [6, 6.07) is 0.680. The fraction of sp³-hybridized carbons (Fsp3) is 0.600. The Kier molecular flexibility index (Phi) is 2.83. The minimum atomic E-state index is 0.680. The molecule has 0 saturated heterocycles. The van der Waals surface area contributed by atoms with Crippen LogP contribution in [0, 0.1) is 11.8 Å². The minimum absolute atomic E-state index is 0.680. The third kappa shape index (κ3) is 1.92. The Morgan fingerprint density at radius 3 is 3.00 bits per heavy atom. The lowest BCUT2D eigenvalue weighted by atomic mass is 9.70. The van der Waals surface area contributed by atoms with Crippen LogP contribution in [0.1, 0.15) is 51.9 Å². The molecule has 2 heterocycles. The normalized spacial score (nSPS) is 32.8. The standard InChI is InChI=1S/C20H26N2/c1-2-14-10-16-15-4-3-5-18-20(15)13(11-21-18)9-17(16)19(22-14)8-12-6-7-12/h5,10,12,17,19,21-22H,2-4,6-9,11H2,1H3. The topological polar surface area (TPSA) is 24.1 Å². The van der Waals surface area contributed by atoms with Gasteiger partial charge in [0.15, 0.2) is 0 Å². The maximum absolute atomic E-state index is 3.90. The first-order valence-corrected chi connectivity index (χ1v) is 9.20. The van der Waals surface area contributed by atoms with Gasteiger partial charge in [0.1, 0.15) is 0 Å². The van der Waals surface area contributed by atoms with Gasteiger partial charge in [0.25, 0.3) is 0 Å². The number of hydrogen-bond donors (Lipinski definition) is 2. The van der Waals surface area contributed by atoms with E-state index in [4.69, 9.17) is 0 Å². The molecule has 5 rings (SSSR count). The van der Waals surface area contributed by atoms with Crippen LogP contribution in [0.5, 0.6) is 0 Å². The molecule has 5 aliphatic rings. The highest BCUT2D eigenvalue weighted by atomic mass is 15.0. The molecule has 2 N–H and O–H groups in total. The lowest BCUT2D eigenvalue weighted by Gasteiger charge is -2.40. The second-order valence-electron chi connectivity index (χ2n) is 7.69. The summed E-state index contributed by atoms with van der Waals surface area (Å²) in [7, 11) is 0. The van der Waals surface area contributed by atoms with Gasteiger partial charge in [-0.3, -0.25) is 0 Å². The Bertz CT molecular complexity index is 643. The van der Waals surface area contributed by atoms with Crippen LogP contribution in [0.25, 0.3) is 0 Å². The van der Waals surface area contributed by atoms with E-state index in [1.54, 1.807) is 22.3 Å². The third-order valence-corrected chi connectivity index (χ3v) is 6.23. The van der Waals surface area contributed by atoms with Crippen molar-refractivity contribution in [2.75, 3.05) is 6.54 Å². The Hall–Kier alpha value is -1.44. The van der Waals surface area contributed by atoms with E-state index in [-0.39, 0.29) is 0 Å². The van der Waals surface area contributed by atoms with Crippen LogP contribution in [0.2, 0.25) is 0 Å². The summed E-state index contributed by atoms with van der Waals surface area (Å²) < 4.78 is 0. The van der Waals surface area contributed by atoms with E-state index in [1.807, 2.05) is 0 Å². The smallest absolute Gasteiger partial charge is 0.0379 e. The zero-order valence-corrected chi connectivity index (χ0v) is 13.5. The zero-order valence-electron chi connectivity index (χ0n) is 13.5. The van der Waals surface area contributed by atoms with Crippen LogP contribution < -0.4 is 10.6 Å². The van der Waals surface area contributed by atoms with Crippen molar-refractivity contribution in [1.82, 2.24) is 10.6 Å². The maximum atomic E-state index is 3.90. The van der Waals surface area contributed by atoms with Gasteiger partial charge in [-0.15, -0.1) is 0 Å². The van der Waals surface area contributed by atoms with Crippen molar-refractivity contribution in [2.45, 2.75) is 57.9 Å².